The van der Waals surface area contributed by atoms with Crippen molar-refractivity contribution in [3.05, 3.63) is 42.1 Å². The fourth-order valence-corrected chi connectivity index (χ4v) is 3.17. The van der Waals surface area contributed by atoms with Crippen molar-refractivity contribution >= 4 is 11.0 Å². The summed E-state index contributed by atoms with van der Waals surface area (Å²) < 4.78 is 1.73. The van der Waals surface area contributed by atoms with Crippen LogP contribution in [0.2, 0.25) is 0 Å². The van der Waals surface area contributed by atoms with Crippen molar-refractivity contribution in [1.29, 1.82) is 0 Å². The second-order valence-electron chi connectivity index (χ2n) is 6.05. The molecule has 0 aliphatic heterocycles. The molecule has 1 aliphatic carbocycles. The highest BCUT2D eigenvalue weighted by Gasteiger charge is 2.34. The van der Waals surface area contributed by atoms with Crippen LogP contribution in [0.3, 0.4) is 0 Å². The molecule has 0 spiro atoms. The van der Waals surface area contributed by atoms with E-state index in [1.54, 1.807) is 10.9 Å². The Morgan fingerprint density at radius 1 is 1.17 bits per heavy atom. The topological polar surface area (TPSA) is 103 Å². The van der Waals surface area contributed by atoms with Crippen molar-refractivity contribution in [2.45, 2.75) is 37.8 Å². The molecule has 118 valence electrons. The van der Waals surface area contributed by atoms with Crippen LogP contribution >= 0.6 is 0 Å². The molecule has 1 fully saturated rings. The van der Waals surface area contributed by atoms with Gasteiger partial charge in [0.15, 0.2) is 5.82 Å². The first-order valence-electron chi connectivity index (χ1n) is 7.71. The van der Waals surface area contributed by atoms with Gasteiger partial charge in [-0.05, 0) is 31.9 Å². The molecule has 0 bridgehead atoms. The standard InChI is InChI=1S/C16H18N6O/c1-9-19-16(10-6-11(17)14(23)7-10)22(21-9)15-8-18-12-4-2-3-5-13(12)20-15/h2-5,8,10-11,14,23H,6-7,17H2,1H3/t10-,11+,14+/m0/s1. The van der Waals surface area contributed by atoms with Crippen LogP contribution in [0.4, 0.5) is 0 Å². The summed E-state index contributed by atoms with van der Waals surface area (Å²) in [5, 5.41) is 14.4. The molecule has 0 radical (unpaired) electrons. The van der Waals surface area contributed by atoms with Crippen molar-refractivity contribution in [2.24, 2.45) is 5.73 Å². The van der Waals surface area contributed by atoms with E-state index in [0.29, 0.717) is 24.5 Å². The van der Waals surface area contributed by atoms with Crippen molar-refractivity contribution in [3.8, 4) is 5.82 Å². The lowest BCUT2D eigenvalue weighted by atomic mass is 10.1. The first-order valence-corrected chi connectivity index (χ1v) is 7.71. The first kappa shape index (κ1) is 14.2. The molecule has 7 heteroatoms. The largest absolute Gasteiger partial charge is 0.391 e. The Bertz CT molecular complexity index is 851. The molecule has 4 rings (SSSR count). The number of aliphatic hydroxyl groups excluding tert-OH is 1. The van der Waals surface area contributed by atoms with Crippen molar-refractivity contribution in [1.82, 2.24) is 24.7 Å². The lowest BCUT2D eigenvalue weighted by Crippen LogP contribution is -2.28. The number of fused-ring (bicyclic) bond motifs is 1. The predicted molar refractivity (Wildman–Crippen MR) is 85.1 cm³/mol. The summed E-state index contributed by atoms with van der Waals surface area (Å²) in [6.45, 7) is 1.85. The molecular formula is C16H18N6O. The quantitative estimate of drug-likeness (QED) is 0.734. The molecule has 0 saturated heterocycles. The average Bonchev–Trinajstić information content (AvgIpc) is 3.10. The number of rotatable bonds is 2. The maximum absolute atomic E-state index is 9.93. The Hall–Kier alpha value is -2.38. The summed E-state index contributed by atoms with van der Waals surface area (Å²) >= 11 is 0. The lowest BCUT2D eigenvalue weighted by Gasteiger charge is -2.10. The van der Waals surface area contributed by atoms with E-state index < -0.39 is 6.10 Å². The second-order valence-corrected chi connectivity index (χ2v) is 6.05. The highest BCUT2D eigenvalue weighted by molar-refractivity contribution is 5.74. The molecule has 3 atom stereocenters. The molecule has 1 saturated carbocycles. The third kappa shape index (κ3) is 2.47. The molecule has 1 aliphatic rings. The summed E-state index contributed by atoms with van der Waals surface area (Å²) in [6, 6.07) is 7.49. The Morgan fingerprint density at radius 2 is 1.96 bits per heavy atom. The Labute approximate surface area is 133 Å². The van der Waals surface area contributed by atoms with Gasteiger partial charge in [0.1, 0.15) is 11.6 Å². The average molecular weight is 310 g/mol. The number of nitrogens with two attached hydrogens (primary N) is 1. The van der Waals surface area contributed by atoms with Crippen LogP contribution in [-0.4, -0.2) is 42.0 Å². The molecule has 1 aromatic carbocycles. The molecule has 3 aromatic rings. The minimum Gasteiger partial charge on any atom is -0.391 e. The number of hydrogen-bond acceptors (Lipinski definition) is 6. The molecular weight excluding hydrogens is 292 g/mol. The summed E-state index contributed by atoms with van der Waals surface area (Å²) in [5.41, 5.74) is 7.59. The Kier molecular flexibility index (Phi) is 3.32. The van der Waals surface area contributed by atoms with Gasteiger partial charge in [0, 0.05) is 12.0 Å². The minimum atomic E-state index is -0.492. The molecule has 3 N–H and O–H groups in total. The van der Waals surface area contributed by atoms with Crippen molar-refractivity contribution < 1.29 is 5.11 Å². The highest BCUT2D eigenvalue weighted by atomic mass is 16.3. The van der Waals surface area contributed by atoms with Gasteiger partial charge in [-0.3, -0.25) is 4.98 Å². The molecule has 0 amide bonds. The smallest absolute Gasteiger partial charge is 0.174 e. The van der Waals surface area contributed by atoms with Crippen LogP contribution in [0.15, 0.2) is 30.5 Å². The summed E-state index contributed by atoms with van der Waals surface area (Å²) in [6.07, 6.45) is 2.50. The van der Waals surface area contributed by atoms with Gasteiger partial charge in [-0.2, -0.15) is 4.68 Å². The predicted octanol–water partition coefficient (Wildman–Crippen LogP) is 1.08. The fraction of sp³-hybridized carbons (Fsp3) is 0.375. The zero-order valence-corrected chi connectivity index (χ0v) is 12.8. The van der Waals surface area contributed by atoms with E-state index in [4.69, 9.17) is 5.73 Å². The van der Waals surface area contributed by atoms with Gasteiger partial charge in [0.25, 0.3) is 0 Å². The maximum atomic E-state index is 9.93. The molecule has 2 heterocycles. The van der Waals surface area contributed by atoms with E-state index in [2.05, 4.69) is 20.1 Å². The monoisotopic (exact) mass is 310 g/mol. The van der Waals surface area contributed by atoms with E-state index >= 15 is 0 Å². The van der Waals surface area contributed by atoms with Gasteiger partial charge in [-0.15, -0.1) is 5.10 Å². The third-order valence-corrected chi connectivity index (χ3v) is 4.33. The van der Waals surface area contributed by atoms with Gasteiger partial charge < -0.3 is 10.8 Å². The molecule has 2 aromatic heterocycles. The van der Waals surface area contributed by atoms with Crippen LogP contribution in [0, 0.1) is 6.92 Å². The van der Waals surface area contributed by atoms with Gasteiger partial charge in [0.05, 0.1) is 23.3 Å². The number of aryl methyl sites for hydroxylation is 1. The maximum Gasteiger partial charge on any atom is 0.174 e. The molecule has 7 nitrogen and oxygen atoms in total. The van der Waals surface area contributed by atoms with Gasteiger partial charge in [-0.1, -0.05) is 12.1 Å². The lowest BCUT2D eigenvalue weighted by molar-refractivity contribution is 0.163. The SMILES string of the molecule is Cc1nc([C@H]2C[C@@H](N)[C@H](O)C2)n(-c2cnc3ccccc3n2)n1. The van der Waals surface area contributed by atoms with Crippen LogP contribution < -0.4 is 5.73 Å². The third-order valence-electron chi connectivity index (χ3n) is 4.33. The fourth-order valence-electron chi connectivity index (χ4n) is 3.17. The van der Waals surface area contributed by atoms with E-state index in [9.17, 15) is 5.11 Å². The van der Waals surface area contributed by atoms with Gasteiger partial charge in [0.2, 0.25) is 0 Å². The van der Waals surface area contributed by atoms with Crippen molar-refractivity contribution in [3.63, 3.8) is 0 Å². The van der Waals surface area contributed by atoms with Gasteiger partial charge in [-0.25, -0.2) is 9.97 Å². The number of benzene rings is 1. The van der Waals surface area contributed by atoms with E-state index in [0.717, 1.165) is 16.9 Å². The minimum absolute atomic E-state index is 0.0782. The van der Waals surface area contributed by atoms with Crippen molar-refractivity contribution in [2.75, 3.05) is 0 Å². The summed E-state index contributed by atoms with van der Waals surface area (Å²) in [7, 11) is 0. The Balaban J connectivity index is 1.79. The zero-order chi connectivity index (χ0) is 16.0. The van der Waals surface area contributed by atoms with E-state index in [1.807, 2.05) is 31.2 Å². The number of hydrogen-bond donors (Lipinski definition) is 2. The number of aromatic nitrogens is 5. The summed E-state index contributed by atoms with van der Waals surface area (Å²) in [4.78, 5) is 13.6. The molecule has 0 unspecified atom stereocenters. The number of para-hydroxylation sites is 2. The van der Waals surface area contributed by atoms with E-state index in [1.165, 1.54) is 0 Å². The highest BCUT2D eigenvalue weighted by Crippen LogP contribution is 2.33. The van der Waals surface area contributed by atoms with Gasteiger partial charge >= 0.3 is 0 Å². The number of aliphatic hydroxyl groups is 1. The van der Waals surface area contributed by atoms with Crippen LogP contribution in [0.5, 0.6) is 0 Å². The molecule has 23 heavy (non-hydrogen) atoms. The normalized spacial score (nSPS) is 24.4. The zero-order valence-electron chi connectivity index (χ0n) is 12.8. The van der Waals surface area contributed by atoms with Crippen LogP contribution in [0.25, 0.3) is 16.9 Å². The van der Waals surface area contributed by atoms with Crippen LogP contribution in [0.1, 0.15) is 30.4 Å². The Morgan fingerprint density at radius 3 is 2.70 bits per heavy atom. The summed E-state index contributed by atoms with van der Waals surface area (Å²) in [5.74, 6) is 2.17. The second kappa shape index (κ2) is 5.36. The van der Waals surface area contributed by atoms with E-state index in [-0.39, 0.29) is 12.0 Å². The van der Waals surface area contributed by atoms with Crippen LogP contribution in [-0.2, 0) is 0 Å². The number of nitrogens with zero attached hydrogens (tertiary/aromatic N) is 5. The first-order chi connectivity index (χ1) is 11.1.